The number of pyridine rings is 1. The average molecular weight is 303 g/mol. The van der Waals surface area contributed by atoms with Gasteiger partial charge in [0.25, 0.3) is 0 Å². The smallest absolute Gasteiger partial charge is 0.345 e. The van der Waals surface area contributed by atoms with Gasteiger partial charge in [0.15, 0.2) is 18.0 Å². The number of aromatic nitrogens is 1. The molecule has 0 aromatic carbocycles. The summed E-state index contributed by atoms with van der Waals surface area (Å²) >= 11 is 0. The number of allylic oxidation sites excluding steroid dienone is 2. The minimum absolute atomic E-state index is 0.0309. The molecule has 1 aromatic rings. The van der Waals surface area contributed by atoms with Crippen LogP contribution in [0.15, 0.2) is 36.2 Å². The van der Waals surface area contributed by atoms with E-state index in [4.69, 9.17) is 15.2 Å². The van der Waals surface area contributed by atoms with Crippen molar-refractivity contribution in [3.8, 4) is 0 Å². The molecule has 0 saturated heterocycles. The summed E-state index contributed by atoms with van der Waals surface area (Å²) in [6.07, 6.45) is 4.18. The van der Waals surface area contributed by atoms with Crippen LogP contribution in [0.1, 0.15) is 13.8 Å². The molecule has 0 aliphatic rings. The highest BCUT2D eigenvalue weighted by atomic mass is 16.6. The summed E-state index contributed by atoms with van der Waals surface area (Å²) in [5.74, 6) is 0.204. The average Bonchev–Trinajstić information content (AvgIpc) is 2.48. The minimum atomic E-state index is -0.849. The lowest BCUT2D eigenvalue weighted by molar-refractivity contribution is -0.576. The summed E-state index contributed by atoms with van der Waals surface area (Å²) < 4.78 is 11.0. The molecule has 2 N–H and O–H groups in total. The first-order chi connectivity index (χ1) is 10.5. The van der Waals surface area contributed by atoms with E-state index in [0.29, 0.717) is 5.69 Å². The third-order valence-corrected chi connectivity index (χ3v) is 2.49. The highest BCUT2D eigenvalue weighted by Crippen LogP contribution is 2.07. The van der Waals surface area contributed by atoms with Crippen molar-refractivity contribution in [3.05, 3.63) is 41.6 Å². The molecule has 0 spiro atoms. The van der Waals surface area contributed by atoms with Crippen molar-refractivity contribution < 1.29 is 23.6 Å². The van der Waals surface area contributed by atoms with Gasteiger partial charge in [-0.15, -0.1) is 0 Å². The number of carbonyl (C=O) groups excluding carboxylic acids is 2. The van der Waals surface area contributed by atoms with Gasteiger partial charge in [0.05, 0.1) is 18.9 Å². The fourth-order valence-corrected chi connectivity index (χ4v) is 1.56. The lowest BCUT2D eigenvalue weighted by atomic mass is 10.2. The first-order valence-corrected chi connectivity index (χ1v) is 6.63. The standard InChI is InChI=1S/C15H17N3O4/c1-3-21-14(19)13(15(20)22-4-2)8-12(9-16)18-7-5-6-11(17)10-18/h5-8,10H,3-4,17H2,1-2H3. The monoisotopic (exact) mass is 303 g/mol. The second-order valence-corrected chi connectivity index (χ2v) is 4.04. The third-order valence-electron chi connectivity index (χ3n) is 2.49. The topological polar surface area (TPSA) is 105 Å². The normalized spacial score (nSPS) is 9.36. The van der Waals surface area contributed by atoms with Crippen LogP contribution < -0.4 is 10.3 Å². The van der Waals surface area contributed by atoms with E-state index in [9.17, 15) is 15.0 Å². The van der Waals surface area contributed by atoms with Crippen molar-refractivity contribution in [1.29, 1.82) is 0 Å². The predicted octanol–water partition coefficient (Wildman–Crippen LogP) is 0.689. The Hall–Kier alpha value is -2.92. The maximum atomic E-state index is 11.9. The van der Waals surface area contributed by atoms with Crippen LogP contribution in [0.4, 0.5) is 5.69 Å². The van der Waals surface area contributed by atoms with Gasteiger partial charge in [-0.05, 0) is 19.9 Å². The van der Waals surface area contributed by atoms with Gasteiger partial charge in [-0.2, -0.15) is 10.4 Å². The maximum Gasteiger partial charge on any atom is 0.345 e. The van der Waals surface area contributed by atoms with Gasteiger partial charge in [-0.1, -0.05) is 0 Å². The highest BCUT2D eigenvalue weighted by Gasteiger charge is 2.23. The maximum absolute atomic E-state index is 11.9. The molecule has 7 heteroatoms. The molecule has 116 valence electrons. The van der Waals surface area contributed by atoms with E-state index < -0.39 is 11.9 Å². The van der Waals surface area contributed by atoms with Crippen molar-refractivity contribution in [1.82, 2.24) is 0 Å². The molecule has 0 fully saturated rings. The lowest BCUT2D eigenvalue weighted by Crippen LogP contribution is -2.32. The van der Waals surface area contributed by atoms with E-state index >= 15 is 0 Å². The highest BCUT2D eigenvalue weighted by molar-refractivity contribution is 6.15. The molecular formula is C15H17N3O4. The quantitative estimate of drug-likeness (QED) is 0.158. The molecule has 0 bridgehead atoms. The van der Waals surface area contributed by atoms with Gasteiger partial charge < -0.3 is 20.6 Å². The molecule has 0 unspecified atom stereocenters. The van der Waals surface area contributed by atoms with Crippen molar-refractivity contribution in [2.45, 2.75) is 13.8 Å². The number of nitrogen functional groups attached to an aromatic ring is 1. The van der Waals surface area contributed by atoms with Crippen molar-refractivity contribution in [3.63, 3.8) is 0 Å². The Morgan fingerprint density at radius 3 is 2.36 bits per heavy atom. The van der Waals surface area contributed by atoms with E-state index in [2.05, 4.69) is 0 Å². The second kappa shape index (κ2) is 8.39. The number of nitrogens with two attached hydrogens (primary N) is 1. The first kappa shape index (κ1) is 17.1. The van der Waals surface area contributed by atoms with E-state index in [1.807, 2.05) is 5.87 Å². The molecule has 7 nitrogen and oxygen atoms in total. The van der Waals surface area contributed by atoms with E-state index in [-0.39, 0.29) is 24.5 Å². The number of hydrogen-bond acceptors (Lipinski definition) is 5. The fourth-order valence-electron chi connectivity index (χ4n) is 1.56. The molecule has 1 aromatic heterocycles. The summed E-state index contributed by atoms with van der Waals surface area (Å²) in [5.41, 5.74) is 5.76. The number of hydrogen-bond donors (Lipinski definition) is 1. The van der Waals surface area contributed by atoms with Crippen LogP contribution in [0.3, 0.4) is 0 Å². The summed E-state index contributed by atoms with van der Waals surface area (Å²) in [6.45, 7) is 3.43. The number of carbonyl (C=O) groups is 2. The molecule has 1 rings (SSSR count). The van der Waals surface area contributed by atoms with Crippen molar-refractivity contribution in [2.75, 3.05) is 18.9 Å². The third kappa shape index (κ3) is 4.57. The van der Waals surface area contributed by atoms with Crippen LogP contribution in [0, 0.1) is 0 Å². The van der Waals surface area contributed by atoms with Gasteiger partial charge in [0.2, 0.25) is 5.70 Å². The zero-order chi connectivity index (χ0) is 16.5. The van der Waals surface area contributed by atoms with Crippen LogP contribution in [-0.2, 0) is 19.1 Å². The summed E-state index contributed by atoms with van der Waals surface area (Å²) in [5, 5.41) is 9.25. The summed E-state index contributed by atoms with van der Waals surface area (Å²) in [4.78, 5) is 23.7. The van der Waals surface area contributed by atoms with E-state index in [1.165, 1.54) is 10.8 Å². The number of esters is 2. The Morgan fingerprint density at radius 1 is 1.32 bits per heavy atom. The molecular weight excluding hydrogens is 286 g/mol. The molecule has 0 saturated carbocycles. The second-order valence-electron chi connectivity index (χ2n) is 4.04. The van der Waals surface area contributed by atoms with Crippen LogP contribution in [0.5, 0.6) is 0 Å². The molecule has 0 radical (unpaired) electrons. The zero-order valence-electron chi connectivity index (χ0n) is 12.4. The fraction of sp³-hybridized carbons (Fsp3) is 0.267. The van der Waals surface area contributed by atoms with Gasteiger partial charge in [0.1, 0.15) is 0 Å². The number of anilines is 1. The molecule has 0 amide bonds. The molecule has 1 heterocycles. The van der Waals surface area contributed by atoms with Crippen LogP contribution in [0.2, 0.25) is 0 Å². The van der Waals surface area contributed by atoms with E-state index in [1.54, 1.807) is 32.2 Å². The van der Waals surface area contributed by atoms with Gasteiger partial charge in [-0.3, -0.25) is 0 Å². The van der Waals surface area contributed by atoms with Gasteiger partial charge in [0, 0.05) is 12.1 Å². The van der Waals surface area contributed by atoms with Crippen LogP contribution >= 0.6 is 0 Å². The van der Waals surface area contributed by atoms with Crippen molar-refractivity contribution in [2.24, 2.45) is 0 Å². The first-order valence-electron chi connectivity index (χ1n) is 6.63. The summed E-state index contributed by atoms with van der Waals surface area (Å²) in [6, 6.07) is 3.28. The SMILES string of the molecule is CCOC(=O)C(=CC(=C=[N-])[n+]1cccc(N)c1)C(=O)OCC. The molecule has 0 atom stereocenters. The number of ether oxygens (including phenoxy) is 2. The zero-order valence-corrected chi connectivity index (χ0v) is 12.4. The van der Waals surface area contributed by atoms with Crippen LogP contribution in [-0.4, -0.2) is 31.0 Å². The van der Waals surface area contributed by atoms with Crippen molar-refractivity contribution >= 4 is 29.2 Å². The summed E-state index contributed by atoms with van der Waals surface area (Å²) in [7, 11) is 0. The Morgan fingerprint density at radius 2 is 1.91 bits per heavy atom. The minimum Gasteiger partial charge on any atom is -0.758 e. The van der Waals surface area contributed by atoms with Crippen LogP contribution in [0.25, 0.3) is 11.1 Å². The molecule has 0 aliphatic carbocycles. The Kier molecular flexibility index (Phi) is 6.53. The number of nitrogens with zero attached hydrogens (tertiary/aromatic N) is 2. The largest absolute Gasteiger partial charge is 0.758 e. The Balaban J connectivity index is 3.26. The molecule has 0 aliphatic heterocycles. The molecule has 22 heavy (non-hydrogen) atoms. The predicted molar refractivity (Wildman–Crippen MR) is 80.5 cm³/mol. The van der Waals surface area contributed by atoms with E-state index in [0.717, 1.165) is 6.08 Å². The Labute approximate surface area is 128 Å². The van der Waals surface area contributed by atoms with Gasteiger partial charge in [-0.25, -0.2) is 9.59 Å². The van der Waals surface area contributed by atoms with Gasteiger partial charge >= 0.3 is 11.9 Å². The lowest BCUT2D eigenvalue weighted by Gasteiger charge is -2.06. The number of rotatable bonds is 6. The Bertz CT molecular complexity index is 626.